The Balaban J connectivity index is 0. The quantitative estimate of drug-likeness (QED) is 0.787. The molecule has 0 aromatic heterocycles. The lowest BCUT2D eigenvalue weighted by molar-refractivity contribution is -0.109. The number of amides is 1. The number of nitrogens with one attached hydrogen (secondary N) is 1. The summed E-state index contributed by atoms with van der Waals surface area (Å²) < 4.78 is 5.56. The van der Waals surface area contributed by atoms with E-state index in [2.05, 4.69) is 37.4 Å². The summed E-state index contributed by atoms with van der Waals surface area (Å²) >= 11 is 0. The van der Waals surface area contributed by atoms with Crippen molar-refractivity contribution in [3.05, 3.63) is 29.3 Å². The van der Waals surface area contributed by atoms with Gasteiger partial charge in [0.15, 0.2) is 0 Å². The lowest BCUT2D eigenvalue weighted by Crippen LogP contribution is -2.05. The highest BCUT2D eigenvalue weighted by atomic mass is 16.5. The van der Waals surface area contributed by atoms with Gasteiger partial charge in [-0.3, -0.25) is 4.79 Å². The van der Waals surface area contributed by atoms with E-state index in [1.54, 1.807) is 7.05 Å². The molecule has 2 rings (SSSR count). The van der Waals surface area contributed by atoms with Gasteiger partial charge in [0.1, 0.15) is 11.9 Å². The molecule has 3 heteroatoms. The van der Waals surface area contributed by atoms with Crippen LogP contribution >= 0.6 is 0 Å². The average molecular weight is 267 g/mol. The number of fused-ring (bicyclic) bond motifs is 1. The zero-order valence-corrected chi connectivity index (χ0v) is 13.4. The van der Waals surface area contributed by atoms with Crippen molar-refractivity contribution in [2.75, 3.05) is 7.05 Å². The van der Waals surface area contributed by atoms with Crippen LogP contribution in [0.4, 0.5) is 0 Å². The summed E-state index contributed by atoms with van der Waals surface area (Å²) in [5, 5.41) is 2.25. The smallest absolute Gasteiger partial charge is 0.206 e. The summed E-state index contributed by atoms with van der Waals surface area (Å²) in [5.74, 6) is 1.07. The van der Waals surface area contributed by atoms with Crippen LogP contribution in [0, 0.1) is 6.92 Å². The van der Waals surface area contributed by atoms with Crippen LogP contribution in [0.15, 0.2) is 18.2 Å². The van der Waals surface area contributed by atoms with Crippen LogP contribution in [0.5, 0.6) is 5.75 Å². The Kier molecular flexibility index (Phi) is 13.5. The Morgan fingerprint density at radius 1 is 1.26 bits per heavy atom. The van der Waals surface area contributed by atoms with Crippen LogP contribution in [0.25, 0.3) is 0 Å². The number of rotatable bonds is 1. The highest BCUT2D eigenvalue weighted by molar-refractivity contribution is 5.44. The molecule has 0 saturated carbocycles. The molecule has 1 heterocycles. The van der Waals surface area contributed by atoms with Crippen molar-refractivity contribution in [3.63, 3.8) is 0 Å². The van der Waals surface area contributed by atoms with Gasteiger partial charge in [-0.15, -0.1) is 0 Å². The van der Waals surface area contributed by atoms with Crippen molar-refractivity contribution in [2.24, 2.45) is 0 Å². The number of carbonyl (C=O) groups is 1. The van der Waals surface area contributed by atoms with Crippen molar-refractivity contribution in [1.29, 1.82) is 0 Å². The minimum Gasteiger partial charge on any atom is -0.490 e. The molecule has 1 aliphatic rings. The fourth-order valence-corrected chi connectivity index (χ4v) is 1.55. The third-order valence-corrected chi connectivity index (χ3v) is 2.17. The first-order valence-corrected chi connectivity index (χ1v) is 7.04. The van der Waals surface area contributed by atoms with Crippen LogP contribution in [-0.4, -0.2) is 19.6 Å². The lowest BCUT2D eigenvalue weighted by Gasteiger charge is -2.01. The first-order chi connectivity index (χ1) is 9.17. The monoisotopic (exact) mass is 267 g/mol. The van der Waals surface area contributed by atoms with Gasteiger partial charge in [0.2, 0.25) is 6.41 Å². The zero-order valence-electron chi connectivity index (χ0n) is 13.4. The second-order valence-electron chi connectivity index (χ2n) is 3.65. The molecule has 3 nitrogen and oxygen atoms in total. The topological polar surface area (TPSA) is 38.3 Å². The first-order valence-electron chi connectivity index (χ1n) is 7.04. The molecular weight excluding hydrogens is 238 g/mol. The number of benzene rings is 1. The number of carbonyl (C=O) groups excluding carboxylic acids is 1. The summed E-state index contributed by atoms with van der Waals surface area (Å²) in [6.45, 7) is 12.2. The molecule has 0 aliphatic carbocycles. The summed E-state index contributed by atoms with van der Waals surface area (Å²) in [6, 6.07) is 6.36. The van der Waals surface area contributed by atoms with Crippen LogP contribution in [0.1, 0.15) is 45.7 Å². The number of aryl methyl sites for hydroxylation is 1. The maximum Gasteiger partial charge on any atom is 0.206 e. The van der Waals surface area contributed by atoms with E-state index in [9.17, 15) is 0 Å². The molecule has 1 aliphatic heterocycles. The molecule has 0 radical (unpaired) electrons. The maximum absolute atomic E-state index is 9.06. The summed E-state index contributed by atoms with van der Waals surface area (Å²) in [5.41, 5.74) is 2.68. The fraction of sp³-hybridized carbons (Fsp3) is 0.562. The van der Waals surface area contributed by atoms with Crippen molar-refractivity contribution in [2.45, 2.75) is 54.1 Å². The highest BCUT2D eigenvalue weighted by Gasteiger charge is 2.17. The van der Waals surface area contributed by atoms with Gasteiger partial charge in [0, 0.05) is 13.5 Å². The van der Waals surface area contributed by atoms with Gasteiger partial charge in [-0.25, -0.2) is 0 Å². The van der Waals surface area contributed by atoms with Gasteiger partial charge in [0.05, 0.1) is 0 Å². The Bertz CT molecular complexity index is 338. The standard InChI is InChI=1S/C10H12O.C2H5NO.2C2H6/c1-7-3-4-10-9(5-7)6-8(2)11-10;1-3-2-4;2*1-2/h3-5,8H,6H2,1-2H3;2H,1H3,(H,3,4);2*1-2H3. The molecule has 0 spiro atoms. The molecular formula is C16H29NO2. The van der Waals surface area contributed by atoms with E-state index in [1.165, 1.54) is 11.1 Å². The molecule has 0 fully saturated rings. The van der Waals surface area contributed by atoms with Crippen LogP contribution in [0.3, 0.4) is 0 Å². The third kappa shape index (κ3) is 8.25. The van der Waals surface area contributed by atoms with Gasteiger partial charge >= 0.3 is 0 Å². The first kappa shape index (κ1) is 19.8. The van der Waals surface area contributed by atoms with Gasteiger partial charge in [-0.2, -0.15) is 0 Å². The highest BCUT2D eigenvalue weighted by Crippen LogP contribution is 2.28. The molecule has 110 valence electrons. The van der Waals surface area contributed by atoms with Crippen molar-refractivity contribution in [1.82, 2.24) is 5.32 Å². The van der Waals surface area contributed by atoms with E-state index in [-0.39, 0.29) is 0 Å². The normalized spacial score (nSPS) is 13.9. The predicted octanol–water partition coefficient (Wildman–Crippen LogP) is 3.73. The second kappa shape index (κ2) is 12.9. The largest absolute Gasteiger partial charge is 0.490 e. The van der Waals surface area contributed by atoms with Gasteiger partial charge in [-0.1, -0.05) is 45.4 Å². The fourth-order valence-electron chi connectivity index (χ4n) is 1.55. The van der Waals surface area contributed by atoms with E-state index < -0.39 is 0 Å². The van der Waals surface area contributed by atoms with Crippen molar-refractivity contribution < 1.29 is 9.53 Å². The lowest BCUT2D eigenvalue weighted by atomic mass is 10.1. The Morgan fingerprint density at radius 2 is 1.79 bits per heavy atom. The molecule has 1 amide bonds. The van der Waals surface area contributed by atoms with E-state index in [0.717, 1.165) is 12.2 Å². The predicted molar refractivity (Wildman–Crippen MR) is 82.8 cm³/mol. The van der Waals surface area contributed by atoms with E-state index >= 15 is 0 Å². The number of hydrogen-bond acceptors (Lipinski definition) is 2. The molecule has 1 unspecified atom stereocenters. The summed E-state index contributed by atoms with van der Waals surface area (Å²) in [7, 11) is 1.56. The van der Waals surface area contributed by atoms with E-state index in [4.69, 9.17) is 9.53 Å². The minimum atomic E-state index is 0.367. The number of hydrogen-bond donors (Lipinski definition) is 1. The van der Waals surface area contributed by atoms with Crippen LogP contribution in [0.2, 0.25) is 0 Å². The molecule has 1 atom stereocenters. The Labute approximate surface area is 118 Å². The molecule has 1 aromatic carbocycles. The van der Waals surface area contributed by atoms with Gasteiger partial charge in [-0.05, 0) is 25.5 Å². The van der Waals surface area contributed by atoms with Gasteiger partial charge in [0.25, 0.3) is 0 Å². The van der Waals surface area contributed by atoms with Crippen molar-refractivity contribution in [3.8, 4) is 5.75 Å². The molecule has 1 N–H and O–H groups in total. The summed E-state index contributed by atoms with van der Waals surface area (Å²) in [4.78, 5) is 9.06. The van der Waals surface area contributed by atoms with E-state index in [1.807, 2.05) is 27.7 Å². The minimum absolute atomic E-state index is 0.367. The maximum atomic E-state index is 9.06. The average Bonchev–Trinajstić information content (AvgIpc) is 2.83. The second-order valence-corrected chi connectivity index (χ2v) is 3.65. The van der Waals surface area contributed by atoms with Crippen LogP contribution in [-0.2, 0) is 11.2 Å². The summed E-state index contributed by atoms with van der Waals surface area (Å²) in [6.07, 6.45) is 2.06. The molecule has 0 bridgehead atoms. The SMILES string of the molecule is CC.CC.CNC=O.Cc1ccc2c(c1)CC(C)O2. The van der Waals surface area contributed by atoms with Crippen LogP contribution < -0.4 is 10.1 Å². The zero-order chi connectivity index (χ0) is 15.3. The third-order valence-electron chi connectivity index (χ3n) is 2.17. The van der Waals surface area contributed by atoms with Crippen molar-refractivity contribution >= 4 is 6.41 Å². The Hall–Kier alpha value is -1.51. The molecule has 0 saturated heterocycles. The van der Waals surface area contributed by atoms with E-state index in [0.29, 0.717) is 12.5 Å². The molecule has 1 aromatic rings. The van der Waals surface area contributed by atoms with Gasteiger partial charge < -0.3 is 10.1 Å². The number of ether oxygens (including phenoxy) is 1. The molecule has 19 heavy (non-hydrogen) atoms. The Morgan fingerprint density at radius 3 is 2.26 bits per heavy atom.